The van der Waals surface area contributed by atoms with E-state index < -0.39 is 0 Å². The fourth-order valence-corrected chi connectivity index (χ4v) is 9.23. The van der Waals surface area contributed by atoms with Crippen molar-refractivity contribution in [1.29, 1.82) is 0 Å². The molecule has 4 fully saturated rings. The van der Waals surface area contributed by atoms with Gasteiger partial charge < -0.3 is 20.5 Å². The third-order valence-electron chi connectivity index (χ3n) is 11.2. The molecule has 0 aliphatic heterocycles. The van der Waals surface area contributed by atoms with Gasteiger partial charge in [-0.3, -0.25) is 4.79 Å². The Balaban J connectivity index is 1.38. The second-order valence-corrected chi connectivity index (χ2v) is 13.1. The predicted octanol–water partition coefficient (Wildman–Crippen LogP) is 4.92. The number of hydrogen-bond donors (Lipinski definition) is 3. The minimum Gasteiger partial charge on any atom is -0.469 e. The zero-order chi connectivity index (χ0) is 24.5. The van der Waals surface area contributed by atoms with Gasteiger partial charge in [-0.2, -0.15) is 0 Å². The second-order valence-electron chi connectivity index (χ2n) is 13.1. The van der Waals surface area contributed by atoms with Crippen LogP contribution in [0.5, 0.6) is 0 Å². The average Bonchev–Trinajstić information content (AvgIpc) is 3.15. The highest BCUT2D eigenvalue weighted by molar-refractivity contribution is 5.68. The molecule has 3 N–H and O–H groups in total. The molecule has 0 saturated heterocycles. The normalized spacial score (nSPS) is 43.8. The second kappa shape index (κ2) is 10.8. The van der Waals surface area contributed by atoms with Gasteiger partial charge in [0.25, 0.3) is 0 Å². The first-order valence-electron chi connectivity index (χ1n) is 14.4. The van der Waals surface area contributed by atoms with Gasteiger partial charge in [0.2, 0.25) is 0 Å². The van der Waals surface area contributed by atoms with Crippen LogP contribution < -0.4 is 10.6 Å². The number of esters is 1. The number of nitrogens with one attached hydrogen (secondary N) is 2. The Morgan fingerprint density at radius 3 is 2.59 bits per heavy atom. The molecule has 5 nitrogen and oxygen atoms in total. The number of aliphatic hydroxyl groups is 1. The smallest absolute Gasteiger partial charge is 0.305 e. The largest absolute Gasteiger partial charge is 0.469 e. The Morgan fingerprint density at radius 2 is 1.85 bits per heavy atom. The van der Waals surface area contributed by atoms with E-state index in [9.17, 15) is 9.90 Å². The van der Waals surface area contributed by atoms with Crippen molar-refractivity contribution in [3.05, 3.63) is 0 Å². The molecule has 0 aromatic heterocycles. The molecule has 4 aliphatic carbocycles. The summed E-state index contributed by atoms with van der Waals surface area (Å²) in [7, 11) is 1.48. The van der Waals surface area contributed by atoms with Gasteiger partial charge >= 0.3 is 5.97 Å². The lowest BCUT2D eigenvalue weighted by Gasteiger charge is -2.62. The van der Waals surface area contributed by atoms with Gasteiger partial charge in [0.1, 0.15) is 0 Å². The summed E-state index contributed by atoms with van der Waals surface area (Å²) in [6, 6.07) is 1.21. The van der Waals surface area contributed by atoms with Gasteiger partial charge in [-0.1, -0.05) is 27.7 Å². The number of rotatable bonds is 9. The number of carbonyl (C=O) groups is 1. The van der Waals surface area contributed by atoms with Crippen molar-refractivity contribution in [2.75, 3.05) is 20.2 Å². The Labute approximate surface area is 208 Å². The van der Waals surface area contributed by atoms with Gasteiger partial charge in [-0.15, -0.1) is 0 Å². The van der Waals surface area contributed by atoms with Crippen LogP contribution in [0.4, 0.5) is 0 Å². The molecule has 0 radical (unpaired) electrons. The summed E-state index contributed by atoms with van der Waals surface area (Å²) in [5.41, 5.74) is 0.422. The van der Waals surface area contributed by atoms with Crippen LogP contribution in [-0.4, -0.2) is 49.5 Å². The fourth-order valence-electron chi connectivity index (χ4n) is 9.23. The predicted molar refractivity (Wildman–Crippen MR) is 137 cm³/mol. The van der Waals surface area contributed by atoms with Crippen LogP contribution >= 0.6 is 0 Å². The van der Waals surface area contributed by atoms with Gasteiger partial charge in [-0.05, 0) is 105 Å². The Kier molecular flexibility index (Phi) is 8.36. The van der Waals surface area contributed by atoms with E-state index in [1.807, 2.05) is 0 Å². The van der Waals surface area contributed by atoms with Gasteiger partial charge in [0.15, 0.2) is 0 Å². The number of ether oxygens (including phenoxy) is 1. The molecule has 0 spiro atoms. The van der Waals surface area contributed by atoms with Gasteiger partial charge in [0.05, 0.1) is 13.2 Å². The maximum absolute atomic E-state index is 11.6. The van der Waals surface area contributed by atoms with E-state index in [4.69, 9.17) is 4.74 Å². The van der Waals surface area contributed by atoms with Crippen molar-refractivity contribution in [3.8, 4) is 0 Å². The number of aliphatic hydroxyl groups excluding tert-OH is 1. The molecule has 0 heterocycles. The zero-order valence-electron chi connectivity index (χ0n) is 22.6. The van der Waals surface area contributed by atoms with Crippen LogP contribution in [0.3, 0.4) is 0 Å². The van der Waals surface area contributed by atoms with Gasteiger partial charge in [-0.25, -0.2) is 0 Å². The summed E-state index contributed by atoms with van der Waals surface area (Å²) >= 11 is 0. The van der Waals surface area contributed by atoms with E-state index in [1.54, 1.807) is 0 Å². The lowest BCUT2D eigenvalue weighted by Crippen LogP contribution is -2.59. The molecule has 0 aromatic carbocycles. The summed E-state index contributed by atoms with van der Waals surface area (Å²) in [4.78, 5) is 11.6. The lowest BCUT2D eigenvalue weighted by molar-refractivity contribution is -0.166. The molecule has 8 unspecified atom stereocenters. The number of methoxy groups -OCH3 is 1. The molecule has 196 valence electrons. The van der Waals surface area contributed by atoms with Crippen molar-refractivity contribution in [3.63, 3.8) is 0 Å². The lowest BCUT2D eigenvalue weighted by atomic mass is 9.44. The van der Waals surface area contributed by atoms with E-state index >= 15 is 0 Å². The topological polar surface area (TPSA) is 70.6 Å². The van der Waals surface area contributed by atoms with Crippen molar-refractivity contribution < 1.29 is 14.6 Å². The average molecular weight is 477 g/mol. The maximum atomic E-state index is 11.6. The minimum atomic E-state index is -0.196. The Hall–Kier alpha value is -0.650. The van der Waals surface area contributed by atoms with E-state index in [0.29, 0.717) is 41.7 Å². The first-order valence-corrected chi connectivity index (χ1v) is 14.4. The molecule has 0 aromatic rings. The van der Waals surface area contributed by atoms with Crippen LogP contribution in [0.2, 0.25) is 0 Å². The van der Waals surface area contributed by atoms with Crippen molar-refractivity contribution in [2.24, 2.45) is 40.4 Å². The summed E-state index contributed by atoms with van der Waals surface area (Å²) < 4.78 is 4.85. The highest BCUT2D eigenvalue weighted by Gasteiger charge is 2.63. The highest BCUT2D eigenvalue weighted by atomic mass is 16.5. The molecule has 4 saturated carbocycles. The monoisotopic (exact) mass is 476 g/mol. The van der Waals surface area contributed by atoms with Crippen LogP contribution in [0, 0.1) is 40.4 Å². The molecule has 5 heteroatoms. The van der Waals surface area contributed by atoms with Gasteiger partial charge in [0, 0.05) is 31.6 Å². The molecule has 0 bridgehead atoms. The van der Waals surface area contributed by atoms with Crippen molar-refractivity contribution in [1.82, 2.24) is 10.6 Å². The highest BCUT2D eigenvalue weighted by Crippen LogP contribution is 2.67. The van der Waals surface area contributed by atoms with Crippen LogP contribution in [-0.2, 0) is 9.53 Å². The third-order valence-corrected chi connectivity index (χ3v) is 11.2. The molecule has 0 amide bonds. The third kappa shape index (κ3) is 4.95. The molecule has 9 atom stereocenters. The summed E-state index contributed by atoms with van der Waals surface area (Å²) in [6.07, 6.45) is 12.4. The van der Waals surface area contributed by atoms with Crippen LogP contribution in [0.15, 0.2) is 0 Å². The summed E-state index contributed by atoms with van der Waals surface area (Å²) in [5.74, 6) is 3.35. The minimum absolute atomic E-state index is 0.0304. The van der Waals surface area contributed by atoms with E-state index in [0.717, 1.165) is 44.2 Å². The molecular weight excluding hydrogens is 424 g/mol. The quantitative estimate of drug-likeness (QED) is 0.326. The van der Waals surface area contributed by atoms with Crippen molar-refractivity contribution in [2.45, 2.75) is 117 Å². The Morgan fingerprint density at radius 1 is 1.06 bits per heavy atom. The van der Waals surface area contributed by atoms with E-state index in [-0.39, 0.29) is 17.5 Å². The van der Waals surface area contributed by atoms with Crippen LogP contribution in [0.25, 0.3) is 0 Å². The SMILES string of the molecule is COC(=O)CCCC1CCC2C3CCC4CC(NCCNC(C)C)CCC4(C)C3C[C@H](O)C12C. The maximum Gasteiger partial charge on any atom is 0.305 e. The standard InChI is InChI=1S/C29H52N2O3/c1-19(2)30-15-16-31-22-13-14-28(3)21(17-22)9-11-23-24-12-10-20(7-6-8-27(33)34-5)29(24,4)26(32)18-25(23)28/h19-26,30-32H,6-18H2,1-5H3/t20?,21?,22?,23?,24?,25?,26-,28?,29?/m0/s1. The number of fused-ring (bicyclic) bond motifs is 5. The number of hydrogen-bond acceptors (Lipinski definition) is 5. The number of carbonyl (C=O) groups excluding carboxylic acids is 1. The first-order chi connectivity index (χ1) is 16.2. The molecular formula is C29H52N2O3. The zero-order valence-corrected chi connectivity index (χ0v) is 22.6. The molecule has 4 rings (SSSR count). The molecule has 34 heavy (non-hydrogen) atoms. The summed E-state index contributed by atoms with van der Waals surface area (Å²) in [6.45, 7) is 11.5. The van der Waals surface area contributed by atoms with E-state index in [2.05, 4.69) is 38.3 Å². The Bertz CT molecular complexity index is 699. The van der Waals surface area contributed by atoms with Crippen molar-refractivity contribution >= 4 is 5.97 Å². The fraction of sp³-hybridized carbons (Fsp3) is 0.966. The van der Waals surface area contributed by atoms with Crippen LogP contribution in [0.1, 0.15) is 98.3 Å². The first kappa shape index (κ1) is 26.4. The van der Waals surface area contributed by atoms with E-state index in [1.165, 1.54) is 52.1 Å². The summed E-state index contributed by atoms with van der Waals surface area (Å²) in [5, 5.41) is 19.0. The molecule has 4 aliphatic rings.